The van der Waals surface area contributed by atoms with E-state index in [-0.39, 0.29) is 0 Å². The molecule has 0 bridgehead atoms. The minimum Gasteiger partial charge on any atom is -0.204 e. The zero-order valence-electron chi connectivity index (χ0n) is 15.8. The molecule has 1 aromatic carbocycles. The van der Waals surface area contributed by atoms with E-state index in [1.165, 1.54) is 70.3 Å². The summed E-state index contributed by atoms with van der Waals surface area (Å²) >= 11 is 0. The van der Waals surface area contributed by atoms with Crippen LogP contribution in [0.4, 0.5) is 8.78 Å². The van der Waals surface area contributed by atoms with Crippen LogP contribution in [0.1, 0.15) is 88.7 Å². The van der Waals surface area contributed by atoms with Gasteiger partial charge < -0.3 is 0 Å². The molecule has 0 aromatic heterocycles. The Morgan fingerprint density at radius 1 is 0.840 bits per heavy atom. The van der Waals surface area contributed by atoms with Gasteiger partial charge in [0.15, 0.2) is 11.6 Å². The molecule has 1 fully saturated rings. The Kier molecular flexibility index (Phi) is 6.90. The standard InChI is InChI=1S/C23H34F2/c1-2-3-4-5-17-6-8-18(9-7-17)10-11-19-12-14-21-20(16-19)13-15-22(24)23(21)25/h13,15,17-19H,2-12,14,16H2,1H3. The highest BCUT2D eigenvalue weighted by atomic mass is 19.2. The molecule has 0 radical (unpaired) electrons. The van der Waals surface area contributed by atoms with Crippen molar-refractivity contribution in [2.75, 3.05) is 0 Å². The molecule has 2 heteroatoms. The lowest BCUT2D eigenvalue weighted by atomic mass is 9.75. The number of rotatable bonds is 7. The van der Waals surface area contributed by atoms with Gasteiger partial charge in [0.2, 0.25) is 0 Å². The van der Waals surface area contributed by atoms with Crippen molar-refractivity contribution in [3.8, 4) is 0 Å². The number of hydrogen-bond donors (Lipinski definition) is 0. The average Bonchev–Trinajstić information content (AvgIpc) is 2.64. The van der Waals surface area contributed by atoms with E-state index >= 15 is 0 Å². The Hall–Kier alpha value is -0.920. The van der Waals surface area contributed by atoms with Crippen LogP contribution in [-0.2, 0) is 12.8 Å². The highest BCUT2D eigenvalue weighted by Gasteiger charge is 2.25. The van der Waals surface area contributed by atoms with Crippen LogP contribution in [0, 0.1) is 29.4 Å². The van der Waals surface area contributed by atoms with Crippen LogP contribution >= 0.6 is 0 Å². The molecule has 2 aliphatic carbocycles. The van der Waals surface area contributed by atoms with Crippen LogP contribution in [0.5, 0.6) is 0 Å². The lowest BCUT2D eigenvalue weighted by Gasteiger charge is -2.31. The normalized spacial score (nSPS) is 26.4. The molecule has 2 aliphatic rings. The highest BCUT2D eigenvalue weighted by Crippen LogP contribution is 2.37. The van der Waals surface area contributed by atoms with E-state index in [1.807, 2.05) is 0 Å². The highest BCUT2D eigenvalue weighted by molar-refractivity contribution is 5.32. The van der Waals surface area contributed by atoms with E-state index in [9.17, 15) is 8.78 Å². The lowest BCUT2D eigenvalue weighted by Crippen LogP contribution is -2.19. The first-order valence-corrected chi connectivity index (χ1v) is 10.6. The Bertz CT molecular complexity index is 543. The second-order valence-electron chi connectivity index (χ2n) is 8.57. The number of fused-ring (bicyclic) bond motifs is 1. The molecule has 25 heavy (non-hydrogen) atoms. The molecule has 1 aromatic rings. The van der Waals surface area contributed by atoms with Crippen molar-refractivity contribution in [1.29, 1.82) is 0 Å². The van der Waals surface area contributed by atoms with Gasteiger partial charge in [-0.1, -0.05) is 70.8 Å². The van der Waals surface area contributed by atoms with Crippen LogP contribution in [0.25, 0.3) is 0 Å². The summed E-state index contributed by atoms with van der Waals surface area (Å²) in [5.74, 6) is 1.28. The molecule has 0 saturated heterocycles. The zero-order valence-corrected chi connectivity index (χ0v) is 15.8. The summed E-state index contributed by atoms with van der Waals surface area (Å²) in [5, 5.41) is 0. The van der Waals surface area contributed by atoms with Crippen LogP contribution < -0.4 is 0 Å². The van der Waals surface area contributed by atoms with Crippen LogP contribution in [-0.4, -0.2) is 0 Å². The molecule has 1 saturated carbocycles. The molecular weight excluding hydrogens is 314 g/mol. The van der Waals surface area contributed by atoms with Crippen LogP contribution in [0.2, 0.25) is 0 Å². The molecule has 0 aliphatic heterocycles. The summed E-state index contributed by atoms with van der Waals surface area (Å²) in [5.41, 5.74) is 1.69. The Morgan fingerprint density at radius 3 is 2.24 bits per heavy atom. The molecule has 3 rings (SSSR count). The molecule has 0 nitrogen and oxygen atoms in total. The average molecular weight is 349 g/mol. The van der Waals surface area contributed by atoms with Gasteiger partial charge in [-0.25, -0.2) is 8.78 Å². The first-order valence-electron chi connectivity index (χ1n) is 10.6. The Morgan fingerprint density at radius 2 is 1.52 bits per heavy atom. The van der Waals surface area contributed by atoms with Gasteiger partial charge in [0.25, 0.3) is 0 Å². The van der Waals surface area contributed by atoms with Gasteiger partial charge >= 0.3 is 0 Å². The van der Waals surface area contributed by atoms with Gasteiger partial charge in [0, 0.05) is 0 Å². The summed E-state index contributed by atoms with van der Waals surface area (Å²) in [6.07, 6.45) is 16.6. The van der Waals surface area contributed by atoms with Crippen molar-refractivity contribution >= 4 is 0 Å². The van der Waals surface area contributed by atoms with E-state index < -0.39 is 11.6 Å². The summed E-state index contributed by atoms with van der Waals surface area (Å²) in [4.78, 5) is 0. The van der Waals surface area contributed by atoms with Crippen molar-refractivity contribution in [3.63, 3.8) is 0 Å². The van der Waals surface area contributed by atoms with E-state index in [0.29, 0.717) is 17.9 Å². The molecule has 1 unspecified atom stereocenters. The van der Waals surface area contributed by atoms with E-state index in [4.69, 9.17) is 0 Å². The Balaban J connectivity index is 1.39. The fourth-order valence-electron chi connectivity index (χ4n) is 5.07. The van der Waals surface area contributed by atoms with Crippen molar-refractivity contribution in [2.24, 2.45) is 17.8 Å². The summed E-state index contributed by atoms with van der Waals surface area (Å²) < 4.78 is 27.2. The fourth-order valence-corrected chi connectivity index (χ4v) is 5.07. The monoisotopic (exact) mass is 348 g/mol. The van der Waals surface area contributed by atoms with E-state index in [0.717, 1.165) is 30.2 Å². The van der Waals surface area contributed by atoms with Gasteiger partial charge in [0.1, 0.15) is 0 Å². The fraction of sp³-hybridized carbons (Fsp3) is 0.739. The third-order valence-corrected chi connectivity index (χ3v) is 6.77. The maximum Gasteiger partial charge on any atom is 0.162 e. The third-order valence-electron chi connectivity index (χ3n) is 6.77. The topological polar surface area (TPSA) is 0 Å². The Labute approximate surface area is 152 Å². The van der Waals surface area contributed by atoms with Gasteiger partial charge in [-0.2, -0.15) is 0 Å². The minimum atomic E-state index is -0.687. The van der Waals surface area contributed by atoms with Gasteiger partial charge in [-0.3, -0.25) is 0 Å². The predicted octanol–water partition coefficient (Wildman–Crippen LogP) is 7.24. The van der Waals surface area contributed by atoms with Crippen molar-refractivity contribution in [2.45, 2.75) is 90.4 Å². The molecule has 0 amide bonds. The molecular formula is C23H34F2. The summed E-state index contributed by atoms with van der Waals surface area (Å²) in [6, 6.07) is 3.11. The molecule has 1 atom stereocenters. The van der Waals surface area contributed by atoms with Gasteiger partial charge in [0.05, 0.1) is 0 Å². The van der Waals surface area contributed by atoms with Crippen molar-refractivity contribution < 1.29 is 8.78 Å². The first kappa shape index (κ1) is 18.9. The van der Waals surface area contributed by atoms with E-state index in [1.54, 1.807) is 6.07 Å². The van der Waals surface area contributed by atoms with E-state index in [2.05, 4.69) is 6.92 Å². The van der Waals surface area contributed by atoms with Gasteiger partial charge in [-0.05, 0) is 60.6 Å². The predicted molar refractivity (Wildman–Crippen MR) is 101 cm³/mol. The third kappa shape index (κ3) is 5.05. The van der Waals surface area contributed by atoms with Crippen LogP contribution in [0.15, 0.2) is 12.1 Å². The minimum absolute atomic E-state index is 0.600. The quantitative estimate of drug-likeness (QED) is 0.456. The second-order valence-corrected chi connectivity index (χ2v) is 8.57. The molecule has 0 N–H and O–H groups in total. The number of hydrogen-bond acceptors (Lipinski definition) is 0. The smallest absolute Gasteiger partial charge is 0.162 e. The number of halogens is 2. The maximum absolute atomic E-state index is 13.9. The first-order chi connectivity index (χ1) is 12.2. The summed E-state index contributed by atoms with van der Waals surface area (Å²) in [7, 11) is 0. The number of unbranched alkanes of at least 4 members (excludes halogenated alkanes) is 2. The molecule has 0 spiro atoms. The molecule has 0 heterocycles. The zero-order chi connectivity index (χ0) is 17.6. The second kappa shape index (κ2) is 9.14. The number of benzene rings is 1. The largest absolute Gasteiger partial charge is 0.204 e. The lowest BCUT2D eigenvalue weighted by molar-refractivity contribution is 0.233. The van der Waals surface area contributed by atoms with Gasteiger partial charge in [-0.15, -0.1) is 0 Å². The maximum atomic E-state index is 13.9. The van der Waals surface area contributed by atoms with Crippen molar-refractivity contribution in [1.82, 2.24) is 0 Å². The molecule has 140 valence electrons. The van der Waals surface area contributed by atoms with Crippen LogP contribution in [0.3, 0.4) is 0 Å². The van der Waals surface area contributed by atoms with Crippen molar-refractivity contribution in [3.05, 3.63) is 34.9 Å². The summed E-state index contributed by atoms with van der Waals surface area (Å²) in [6.45, 7) is 2.28. The SMILES string of the molecule is CCCCCC1CCC(CCC2CCc3c(ccc(F)c3F)C2)CC1.